The van der Waals surface area contributed by atoms with Crippen molar-refractivity contribution >= 4 is 5.91 Å². The molecule has 112 valence electrons. The average Bonchev–Trinajstić information content (AvgIpc) is 2.50. The quantitative estimate of drug-likeness (QED) is 0.675. The van der Waals surface area contributed by atoms with Crippen molar-refractivity contribution in [2.45, 2.75) is 13.0 Å². The molecule has 2 atom stereocenters. The van der Waals surface area contributed by atoms with Crippen LogP contribution >= 0.6 is 0 Å². The molecule has 1 rings (SSSR count). The van der Waals surface area contributed by atoms with Crippen LogP contribution < -0.4 is 20.5 Å². The Kier molecular flexibility index (Phi) is 6.27. The first-order valence-corrected chi connectivity index (χ1v) is 6.40. The largest absolute Gasteiger partial charge is 0.497 e. The second-order valence-corrected chi connectivity index (χ2v) is 4.54. The zero-order valence-corrected chi connectivity index (χ0v) is 12.1. The lowest BCUT2D eigenvalue weighted by atomic mass is 10.1. The van der Waals surface area contributed by atoms with Crippen LogP contribution in [0.4, 0.5) is 0 Å². The summed E-state index contributed by atoms with van der Waals surface area (Å²) in [7, 11) is 3.07. The van der Waals surface area contributed by atoms with E-state index in [0.717, 1.165) is 0 Å². The molecule has 1 aromatic carbocycles. The zero-order valence-electron chi connectivity index (χ0n) is 12.1. The maximum atomic E-state index is 11.6. The Hall–Kier alpha value is -1.79. The molecule has 1 amide bonds. The van der Waals surface area contributed by atoms with E-state index < -0.39 is 6.10 Å². The van der Waals surface area contributed by atoms with Gasteiger partial charge in [0.05, 0.1) is 20.3 Å². The number of aliphatic hydroxyl groups is 1. The number of hydrogen-bond acceptors (Lipinski definition) is 5. The lowest BCUT2D eigenvalue weighted by Gasteiger charge is -2.16. The van der Waals surface area contributed by atoms with Crippen molar-refractivity contribution in [1.82, 2.24) is 5.32 Å². The number of nitrogens with one attached hydrogen (secondary N) is 1. The van der Waals surface area contributed by atoms with Crippen molar-refractivity contribution in [3.8, 4) is 11.5 Å². The molecule has 0 aliphatic carbocycles. The fourth-order valence-electron chi connectivity index (χ4n) is 1.62. The predicted octanol–water partition coefficient (Wildman–Crippen LogP) is 0.448. The zero-order chi connectivity index (χ0) is 15.1. The molecule has 0 saturated carbocycles. The number of methoxy groups -OCH3 is 2. The highest BCUT2D eigenvalue weighted by atomic mass is 16.5. The second kappa shape index (κ2) is 7.72. The van der Waals surface area contributed by atoms with Crippen LogP contribution in [0, 0.1) is 5.92 Å². The van der Waals surface area contributed by atoms with E-state index in [-0.39, 0.29) is 24.9 Å². The first-order chi connectivity index (χ1) is 9.51. The summed E-state index contributed by atoms with van der Waals surface area (Å²) >= 11 is 0. The minimum Gasteiger partial charge on any atom is -0.497 e. The topological polar surface area (TPSA) is 93.8 Å². The van der Waals surface area contributed by atoms with Gasteiger partial charge >= 0.3 is 0 Å². The first-order valence-electron chi connectivity index (χ1n) is 6.40. The molecular weight excluding hydrogens is 260 g/mol. The van der Waals surface area contributed by atoms with E-state index in [0.29, 0.717) is 17.1 Å². The monoisotopic (exact) mass is 282 g/mol. The Bertz CT molecular complexity index is 429. The molecule has 20 heavy (non-hydrogen) atoms. The maximum Gasteiger partial charge on any atom is 0.224 e. The highest BCUT2D eigenvalue weighted by Crippen LogP contribution is 2.26. The molecular formula is C14H22N2O4. The molecule has 2 unspecified atom stereocenters. The van der Waals surface area contributed by atoms with Gasteiger partial charge in [-0.15, -0.1) is 0 Å². The van der Waals surface area contributed by atoms with E-state index in [4.69, 9.17) is 15.2 Å². The van der Waals surface area contributed by atoms with Crippen molar-refractivity contribution in [1.29, 1.82) is 0 Å². The minimum absolute atomic E-state index is 0.111. The Balaban J connectivity index is 2.71. The summed E-state index contributed by atoms with van der Waals surface area (Å²) < 4.78 is 10.3. The van der Waals surface area contributed by atoms with Crippen LogP contribution in [0.5, 0.6) is 11.5 Å². The number of hydrogen-bond donors (Lipinski definition) is 3. The second-order valence-electron chi connectivity index (χ2n) is 4.54. The van der Waals surface area contributed by atoms with E-state index in [1.54, 1.807) is 25.1 Å². The summed E-state index contributed by atoms with van der Waals surface area (Å²) in [4.78, 5) is 11.6. The Labute approximate surface area is 118 Å². The van der Waals surface area contributed by atoms with Gasteiger partial charge < -0.3 is 25.6 Å². The van der Waals surface area contributed by atoms with Crippen molar-refractivity contribution in [2.24, 2.45) is 11.7 Å². The molecule has 0 radical (unpaired) electrons. The van der Waals surface area contributed by atoms with Crippen LogP contribution in [0.2, 0.25) is 0 Å². The SMILES string of the molecule is COc1cc(OC)cc(C(O)CNC(=O)C(C)CN)c1. The molecule has 6 nitrogen and oxygen atoms in total. The third-order valence-electron chi connectivity index (χ3n) is 3.03. The third kappa shape index (κ3) is 4.40. The number of amides is 1. The van der Waals surface area contributed by atoms with Gasteiger partial charge in [-0.2, -0.15) is 0 Å². The number of ether oxygens (including phenoxy) is 2. The van der Waals surface area contributed by atoms with Gasteiger partial charge in [-0.1, -0.05) is 6.92 Å². The minimum atomic E-state index is -0.840. The van der Waals surface area contributed by atoms with E-state index >= 15 is 0 Å². The molecule has 0 aliphatic heterocycles. The van der Waals surface area contributed by atoms with E-state index in [2.05, 4.69) is 5.32 Å². The molecule has 0 heterocycles. The number of benzene rings is 1. The molecule has 0 saturated heterocycles. The Morgan fingerprint density at radius 3 is 2.30 bits per heavy atom. The van der Waals surface area contributed by atoms with Crippen molar-refractivity contribution < 1.29 is 19.4 Å². The third-order valence-corrected chi connectivity index (χ3v) is 3.03. The molecule has 0 fully saturated rings. The van der Waals surface area contributed by atoms with Crippen molar-refractivity contribution in [2.75, 3.05) is 27.3 Å². The van der Waals surface area contributed by atoms with E-state index in [1.807, 2.05) is 0 Å². The van der Waals surface area contributed by atoms with Crippen molar-refractivity contribution in [3.05, 3.63) is 23.8 Å². The molecule has 0 spiro atoms. The van der Waals surface area contributed by atoms with Gasteiger partial charge in [0, 0.05) is 25.1 Å². The molecule has 6 heteroatoms. The summed E-state index contributed by atoms with van der Waals surface area (Å²) in [6.07, 6.45) is -0.840. The highest BCUT2D eigenvalue weighted by Gasteiger charge is 2.15. The summed E-state index contributed by atoms with van der Waals surface area (Å²) in [5, 5.41) is 12.8. The normalized spacial score (nSPS) is 13.4. The van der Waals surface area contributed by atoms with E-state index in [9.17, 15) is 9.90 Å². The molecule has 4 N–H and O–H groups in total. The van der Waals surface area contributed by atoms with Crippen LogP contribution in [0.3, 0.4) is 0 Å². The fraction of sp³-hybridized carbons (Fsp3) is 0.500. The van der Waals surface area contributed by atoms with Gasteiger partial charge in [0.25, 0.3) is 0 Å². The maximum absolute atomic E-state index is 11.6. The van der Waals surface area contributed by atoms with Gasteiger partial charge in [-0.05, 0) is 17.7 Å². The van der Waals surface area contributed by atoms with Crippen LogP contribution in [0.25, 0.3) is 0 Å². The Morgan fingerprint density at radius 1 is 1.30 bits per heavy atom. The molecule has 0 aromatic heterocycles. The number of carbonyl (C=O) groups is 1. The summed E-state index contributed by atoms with van der Waals surface area (Å²) in [5.74, 6) is 0.712. The predicted molar refractivity (Wildman–Crippen MR) is 75.7 cm³/mol. The number of carbonyl (C=O) groups excluding carboxylic acids is 1. The van der Waals surface area contributed by atoms with Crippen LogP contribution in [-0.2, 0) is 4.79 Å². The summed E-state index contributed by atoms with van der Waals surface area (Å²) in [6, 6.07) is 5.11. The lowest BCUT2D eigenvalue weighted by molar-refractivity contribution is -0.124. The molecule has 0 aliphatic rings. The Morgan fingerprint density at radius 2 is 1.85 bits per heavy atom. The standard InChI is InChI=1S/C14H22N2O4/c1-9(7-15)14(18)16-8-13(17)10-4-11(19-2)6-12(5-10)20-3/h4-6,9,13,17H,7-8,15H2,1-3H3,(H,16,18). The number of nitrogens with two attached hydrogens (primary N) is 1. The molecule has 1 aromatic rings. The summed E-state index contributed by atoms with van der Waals surface area (Å²) in [6.45, 7) is 2.12. The number of aliphatic hydroxyl groups excluding tert-OH is 1. The van der Waals surface area contributed by atoms with Gasteiger partial charge in [0.1, 0.15) is 11.5 Å². The van der Waals surface area contributed by atoms with Gasteiger partial charge in [-0.25, -0.2) is 0 Å². The first kappa shape index (κ1) is 16.3. The van der Waals surface area contributed by atoms with Gasteiger partial charge in [-0.3, -0.25) is 4.79 Å². The van der Waals surface area contributed by atoms with Crippen LogP contribution in [0.1, 0.15) is 18.6 Å². The smallest absolute Gasteiger partial charge is 0.224 e. The average molecular weight is 282 g/mol. The van der Waals surface area contributed by atoms with E-state index in [1.165, 1.54) is 14.2 Å². The number of rotatable bonds is 7. The van der Waals surface area contributed by atoms with Crippen LogP contribution in [0.15, 0.2) is 18.2 Å². The van der Waals surface area contributed by atoms with Crippen LogP contribution in [-0.4, -0.2) is 38.3 Å². The molecule has 0 bridgehead atoms. The summed E-state index contributed by atoms with van der Waals surface area (Å²) in [5.41, 5.74) is 6.02. The lowest BCUT2D eigenvalue weighted by Crippen LogP contribution is -2.35. The fourth-order valence-corrected chi connectivity index (χ4v) is 1.62. The van der Waals surface area contributed by atoms with Crippen molar-refractivity contribution in [3.63, 3.8) is 0 Å². The highest BCUT2D eigenvalue weighted by molar-refractivity contribution is 5.78. The van der Waals surface area contributed by atoms with Gasteiger partial charge in [0.2, 0.25) is 5.91 Å². The van der Waals surface area contributed by atoms with Gasteiger partial charge in [0.15, 0.2) is 0 Å².